The number of furan rings is 1. The smallest absolute Gasteiger partial charge is 0.290 e. The standard InChI is InChI=1S/C18H24N2O5/c21-16(19-8-4-7-18(13-19)24-11-12-25-18)14-5-1-2-9-20(14)17(22)15-6-3-10-23-15/h3,6,10,14H,1-2,4-5,7-9,11-13H2. The molecule has 1 atom stereocenters. The fraction of sp³-hybridized carbons (Fsp3) is 0.667. The molecule has 0 radical (unpaired) electrons. The van der Waals surface area contributed by atoms with Crippen LogP contribution in [-0.4, -0.2) is 66.3 Å². The Hall–Kier alpha value is -1.86. The number of likely N-dealkylation sites (tertiary alicyclic amines) is 2. The van der Waals surface area contributed by atoms with E-state index >= 15 is 0 Å². The summed E-state index contributed by atoms with van der Waals surface area (Å²) < 4.78 is 16.8. The van der Waals surface area contributed by atoms with E-state index in [9.17, 15) is 9.59 Å². The van der Waals surface area contributed by atoms with E-state index in [1.807, 2.05) is 4.90 Å². The molecular formula is C18H24N2O5. The second-order valence-corrected chi connectivity index (χ2v) is 6.96. The number of amides is 2. The number of nitrogens with zero attached hydrogens (tertiary/aromatic N) is 2. The molecule has 3 fully saturated rings. The van der Waals surface area contributed by atoms with Crippen molar-refractivity contribution in [3.05, 3.63) is 24.2 Å². The normalized spacial score (nSPS) is 26.2. The van der Waals surface area contributed by atoms with Gasteiger partial charge in [0.25, 0.3) is 5.91 Å². The summed E-state index contributed by atoms with van der Waals surface area (Å²) in [5.41, 5.74) is 0. The van der Waals surface area contributed by atoms with E-state index in [0.29, 0.717) is 39.3 Å². The highest BCUT2D eigenvalue weighted by atomic mass is 16.7. The third-order valence-electron chi connectivity index (χ3n) is 5.32. The van der Waals surface area contributed by atoms with Gasteiger partial charge in [-0.3, -0.25) is 9.59 Å². The number of piperidine rings is 2. The summed E-state index contributed by atoms with van der Waals surface area (Å²) >= 11 is 0. The van der Waals surface area contributed by atoms with Crippen LogP contribution in [0.3, 0.4) is 0 Å². The van der Waals surface area contributed by atoms with E-state index in [2.05, 4.69) is 0 Å². The van der Waals surface area contributed by atoms with Crippen molar-refractivity contribution in [3.63, 3.8) is 0 Å². The zero-order valence-electron chi connectivity index (χ0n) is 14.3. The van der Waals surface area contributed by atoms with Crippen LogP contribution in [0.4, 0.5) is 0 Å². The Labute approximate surface area is 146 Å². The first-order valence-electron chi connectivity index (χ1n) is 9.10. The largest absolute Gasteiger partial charge is 0.459 e. The van der Waals surface area contributed by atoms with Crippen molar-refractivity contribution in [1.29, 1.82) is 0 Å². The molecule has 3 aliphatic rings. The first kappa shape index (κ1) is 16.6. The summed E-state index contributed by atoms with van der Waals surface area (Å²) in [4.78, 5) is 29.4. The van der Waals surface area contributed by atoms with E-state index in [4.69, 9.17) is 13.9 Å². The Morgan fingerprint density at radius 3 is 2.72 bits per heavy atom. The lowest BCUT2D eigenvalue weighted by atomic mass is 9.98. The average Bonchev–Trinajstić information content (AvgIpc) is 3.33. The summed E-state index contributed by atoms with van der Waals surface area (Å²) in [6.07, 6.45) is 5.70. The van der Waals surface area contributed by atoms with Crippen LogP contribution in [0.15, 0.2) is 22.8 Å². The summed E-state index contributed by atoms with van der Waals surface area (Å²) in [7, 11) is 0. The molecule has 0 aliphatic carbocycles. The molecular weight excluding hydrogens is 324 g/mol. The number of ether oxygens (including phenoxy) is 2. The van der Waals surface area contributed by atoms with Crippen LogP contribution < -0.4 is 0 Å². The molecule has 4 rings (SSSR count). The summed E-state index contributed by atoms with van der Waals surface area (Å²) in [6.45, 7) is 2.88. The van der Waals surface area contributed by atoms with Gasteiger partial charge in [0.05, 0.1) is 26.0 Å². The second kappa shape index (κ2) is 6.80. The van der Waals surface area contributed by atoms with E-state index < -0.39 is 11.8 Å². The van der Waals surface area contributed by atoms with Gasteiger partial charge in [-0.2, -0.15) is 0 Å². The van der Waals surface area contributed by atoms with Gasteiger partial charge in [0.1, 0.15) is 6.04 Å². The molecule has 136 valence electrons. The van der Waals surface area contributed by atoms with Crippen molar-refractivity contribution < 1.29 is 23.5 Å². The van der Waals surface area contributed by atoms with Crippen molar-refractivity contribution in [2.24, 2.45) is 0 Å². The minimum absolute atomic E-state index is 0.00205. The summed E-state index contributed by atoms with van der Waals surface area (Å²) in [5, 5.41) is 0. The van der Waals surface area contributed by atoms with Gasteiger partial charge in [0.2, 0.25) is 5.91 Å². The van der Waals surface area contributed by atoms with Crippen LogP contribution in [0.2, 0.25) is 0 Å². The molecule has 1 unspecified atom stereocenters. The van der Waals surface area contributed by atoms with E-state index in [0.717, 1.165) is 25.7 Å². The van der Waals surface area contributed by atoms with Gasteiger partial charge in [-0.05, 0) is 37.8 Å². The topological polar surface area (TPSA) is 72.2 Å². The molecule has 0 N–H and O–H groups in total. The van der Waals surface area contributed by atoms with Gasteiger partial charge in [-0.25, -0.2) is 0 Å². The number of carbonyl (C=O) groups excluding carboxylic acids is 2. The molecule has 2 amide bonds. The SMILES string of the molecule is O=C(C1CCCCN1C(=O)c1ccco1)N1CCCC2(C1)OCCO2. The maximum Gasteiger partial charge on any atom is 0.290 e. The molecule has 0 aromatic carbocycles. The molecule has 7 nitrogen and oxygen atoms in total. The molecule has 3 aliphatic heterocycles. The maximum absolute atomic E-state index is 13.2. The van der Waals surface area contributed by atoms with Crippen LogP contribution in [0.5, 0.6) is 0 Å². The zero-order valence-corrected chi connectivity index (χ0v) is 14.3. The van der Waals surface area contributed by atoms with Crippen molar-refractivity contribution >= 4 is 11.8 Å². The van der Waals surface area contributed by atoms with Crippen molar-refractivity contribution in [2.45, 2.75) is 43.9 Å². The van der Waals surface area contributed by atoms with Crippen molar-refractivity contribution in [3.8, 4) is 0 Å². The summed E-state index contributed by atoms with van der Waals surface area (Å²) in [6, 6.07) is 2.91. The number of carbonyl (C=O) groups is 2. The van der Waals surface area contributed by atoms with Crippen LogP contribution in [0.25, 0.3) is 0 Å². The summed E-state index contributed by atoms with van der Waals surface area (Å²) in [5.74, 6) is -0.559. The second-order valence-electron chi connectivity index (χ2n) is 6.96. The highest BCUT2D eigenvalue weighted by molar-refractivity contribution is 5.95. The molecule has 4 heterocycles. The van der Waals surface area contributed by atoms with E-state index in [-0.39, 0.29) is 17.6 Å². The van der Waals surface area contributed by atoms with Crippen LogP contribution in [-0.2, 0) is 14.3 Å². The van der Waals surface area contributed by atoms with Gasteiger partial charge >= 0.3 is 0 Å². The molecule has 0 bridgehead atoms. The molecule has 1 aromatic rings. The molecule has 1 spiro atoms. The van der Waals surface area contributed by atoms with Crippen molar-refractivity contribution in [2.75, 3.05) is 32.8 Å². The van der Waals surface area contributed by atoms with Crippen LogP contribution in [0.1, 0.15) is 42.7 Å². The average molecular weight is 348 g/mol. The van der Waals surface area contributed by atoms with Gasteiger partial charge in [-0.15, -0.1) is 0 Å². The highest BCUT2D eigenvalue weighted by Crippen LogP contribution is 2.31. The van der Waals surface area contributed by atoms with Gasteiger partial charge < -0.3 is 23.7 Å². The molecule has 0 saturated carbocycles. The maximum atomic E-state index is 13.2. The number of hydrogen-bond donors (Lipinski definition) is 0. The fourth-order valence-corrected chi connectivity index (χ4v) is 4.09. The predicted octanol–water partition coefficient (Wildman–Crippen LogP) is 1.64. The van der Waals surface area contributed by atoms with Gasteiger partial charge in [0.15, 0.2) is 11.5 Å². The highest BCUT2D eigenvalue weighted by Gasteiger charge is 2.44. The van der Waals surface area contributed by atoms with Crippen molar-refractivity contribution in [1.82, 2.24) is 9.80 Å². The molecule has 3 saturated heterocycles. The number of hydrogen-bond acceptors (Lipinski definition) is 5. The Morgan fingerprint density at radius 1 is 1.12 bits per heavy atom. The van der Waals surface area contributed by atoms with Gasteiger partial charge in [-0.1, -0.05) is 0 Å². The van der Waals surface area contributed by atoms with E-state index in [1.54, 1.807) is 17.0 Å². The lowest BCUT2D eigenvalue weighted by molar-refractivity contribution is -0.194. The lowest BCUT2D eigenvalue weighted by Crippen LogP contribution is -2.58. The van der Waals surface area contributed by atoms with Gasteiger partial charge in [0, 0.05) is 19.5 Å². The Kier molecular flexibility index (Phi) is 4.52. The van der Waals surface area contributed by atoms with Crippen LogP contribution in [0, 0.1) is 0 Å². The minimum atomic E-state index is -0.640. The lowest BCUT2D eigenvalue weighted by Gasteiger charge is -2.42. The van der Waals surface area contributed by atoms with Crippen LogP contribution >= 0.6 is 0 Å². The third kappa shape index (κ3) is 3.18. The quantitative estimate of drug-likeness (QED) is 0.812. The Morgan fingerprint density at radius 2 is 1.96 bits per heavy atom. The first-order chi connectivity index (χ1) is 12.2. The third-order valence-corrected chi connectivity index (χ3v) is 5.32. The zero-order chi connectivity index (χ0) is 17.3. The Bertz CT molecular complexity index is 623. The monoisotopic (exact) mass is 348 g/mol. The fourth-order valence-electron chi connectivity index (χ4n) is 4.09. The first-order valence-corrected chi connectivity index (χ1v) is 9.10. The molecule has 7 heteroatoms. The minimum Gasteiger partial charge on any atom is -0.459 e. The Balaban J connectivity index is 1.50. The molecule has 25 heavy (non-hydrogen) atoms. The predicted molar refractivity (Wildman–Crippen MR) is 87.8 cm³/mol. The molecule has 1 aromatic heterocycles. The van der Waals surface area contributed by atoms with E-state index in [1.165, 1.54) is 6.26 Å². The number of rotatable bonds is 2.